The molecule has 2 heteroatoms. The maximum Gasteiger partial charge on any atom is 0.0673 e. The number of hydrogen-bond acceptors (Lipinski definition) is 2. The molecule has 0 saturated heterocycles. The molecular formula is C19H25NS. The molecule has 1 N–H and O–H groups in total. The molecule has 112 valence electrons. The van der Waals surface area contributed by atoms with Crippen LogP contribution in [0.5, 0.6) is 0 Å². The predicted octanol–water partition coefficient (Wildman–Crippen LogP) is 5.02. The van der Waals surface area contributed by atoms with Gasteiger partial charge >= 0.3 is 0 Å². The summed E-state index contributed by atoms with van der Waals surface area (Å²) < 4.78 is 0. The van der Waals surface area contributed by atoms with Crippen molar-refractivity contribution in [2.45, 2.75) is 52.0 Å². The van der Waals surface area contributed by atoms with Gasteiger partial charge in [-0.05, 0) is 61.9 Å². The molecule has 0 saturated carbocycles. The van der Waals surface area contributed by atoms with Gasteiger partial charge in [-0.15, -0.1) is 11.3 Å². The van der Waals surface area contributed by atoms with E-state index in [2.05, 4.69) is 49.5 Å². The van der Waals surface area contributed by atoms with Crippen LogP contribution in [0.25, 0.3) is 0 Å². The number of fused-ring (bicyclic) bond motifs is 1. The number of benzene rings is 1. The highest BCUT2D eigenvalue weighted by molar-refractivity contribution is 7.12. The van der Waals surface area contributed by atoms with Crippen molar-refractivity contribution >= 4 is 11.3 Å². The van der Waals surface area contributed by atoms with Crippen molar-refractivity contribution in [3.05, 3.63) is 56.8 Å². The quantitative estimate of drug-likeness (QED) is 0.781. The molecule has 0 amide bonds. The van der Waals surface area contributed by atoms with E-state index in [9.17, 15) is 0 Å². The third-order valence-electron chi connectivity index (χ3n) is 4.46. The minimum absolute atomic E-state index is 0.355. The van der Waals surface area contributed by atoms with Gasteiger partial charge in [0.05, 0.1) is 6.04 Å². The van der Waals surface area contributed by atoms with Gasteiger partial charge in [0, 0.05) is 9.75 Å². The Morgan fingerprint density at radius 1 is 1.14 bits per heavy atom. The van der Waals surface area contributed by atoms with Crippen molar-refractivity contribution < 1.29 is 0 Å². The fraction of sp³-hybridized carbons (Fsp3) is 0.474. The molecule has 1 nitrogen and oxygen atoms in total. The highest BCUT2D eigenvalue weighted by atomic mass is 32.1. The van der Waals surface area contributed by atoms with Crippen LogP contribution in [0, 0.1) is 6.92 Å². The molecule has 1 aliphatic carbocycles. The molecule has 1 aromatic carbocycles. The molecule has 1 atom stereocenters. The van der Waals surface area contributed by atoms with Gasteiger partial charge in [0.25, 0.3) is 0 Å². The summed E-state index contributed by atoms with van der Waals surface area (Å²) in [5, 5.41) is 3.69. The van der Waals surface area contributed by atoms with Crippen LogP contribution in [-0.4, -0.2) is 6.54 Å². The lowest BCUT2D eigenvalue weighted by atomic mass is 9.99. The normalized spacial score (nSPS) is 16.3. The van der Waals surface area contributed by atoms with Gasteiger partial charge in [0.2, 0.25) is 0 Å². The van der Waals surface area contributed by atoms with E-state index in [1.165, 1.54) is 48.1 Å². The fourth-order valence-electron chi connectivity index (χ4n) is 3.31. The maximum atomic E-state index is 3.69. The molecule has 0 spiro atoms. The standard InChI is InChI=1S/C19H25NS/c1-3-20-19(16-11-8-7-9-14(16)2)18-13-15-10-5-4-6-12-17(15)21-18/h7-9,11,13,19-20H,3-6,10,12H2,1-2H3. The number of rotatable bonds is 4. The third kappa shape index (κ3) is 3.22. The lowest BCUT2D eigenvalue weighted by molar-refractivity contribution is 0.636. The van der Waals surface area contributed by atoms with Gasteiger partial charge in [0.1, 0.15) is 0 Å². The molecule has 0 radical (unpaired) electrons. The van der Waals surface area contributed by atoms with Crippen molar-refractivity contribution in [1.29, 1.82) is 0 Å². The van der Waals surface area contributed by atoms with Crippen LogP contribution in [0.1, 0.15) is 58.7 Å². The Hall–Kier alpha value is -1.12. The predicted molar refractivity (Wildman–Crippen MR) is 92.3 cm³/mol. The Balaban J connectivity index is 1.96. The number of aryl methyl sites for hydroxylation is 3. The van der Waals surface area contributed by atoms with Crippen LogP contribution in [0.15, 0.2) is 30.3 Å². The first-order valence-electron chi connectivity index (χ1n) is 8.20. The summed E-state index contributed by atoms with van der Waals surface area (Å²) in [5.74, 6) is 0. The largest absolute Gasteiger partial charge is 0.306 e. The van der Waals surface area contributed by atoms with Crippen molar-refractivity contribution in [2.24, 2.45) is 0 Å². The summed E-state index contributed by atoms with van der Waals surface area (Å²) in [6.45, 7) is 5.42. The monoisotopic (exact) mass is 299 g/mol. The number of hydrogen-bond donors (Lipinski definition) is 1. The molecule has 1 heterocycles. The van der Waals surface area contributed by atoms with Gasteiger partial charge in [0.15, 0.2) is 0 Å². The van der Waals surface area contributed by atoms with E-state index in [0.29, 0.717) is 6.04 Å². The molecule has 21 heavy (non-hydrogen) atoms. The smallest absolute Gasteiger partial charge is 0.0673 e. The molecule has 0 aliphatic heterocycles. The fourth-order valence-corrected chi connectivity index (χ4v) is 4.66. The van der Waals surface area contributed by atoms with Crippen LogP contribution in [0.3, 0.4) is 0 Å². The lowest BCUT2D eigenvalue weighted by Crippen LogP contribution is -2.21. The highest BCUT2D eigenvalue weighted by Crippen LogP contribution is 2.35. The zero-order chi connectivity index (χ0) is 14.7. The Morgan fingerprint density at radius 2 is 1.95 bits per heavy atom. The Bertz CT molecular complexity index is 576. The third-order valence-corrected chi connectivity index (χ3v) is 5.76. The summed E-state index contributed by atoms with van der Waals surface area (Å²) >= 11 is 2.04. The molecule has 0 fully saturated rings. The van der Waals surface area contributed by atoms with Gasteiger partial charge < -0.3 is 5.32 Å². The zero-order valence-corrected chi connectivity index (χ0v) is 13.9. The van der Waals surface area contributed by atoms with Crippen molar-refractivity contribution in [2.75, 3.05) is 6.54 Å². The van der Waals surface area contributed by atoms with Crippen molar-refractivity contribution in [1.82, 2.24) is 5.32 Å². The molecule has 2 aromatic rings. The summed E-state index contributed by atoms with van der Waals surface area (Å²) in [6.07, 6.45) is 6.68. The number of nitrogens with one attached hydrogen (secondary N) is 1. The van der Waals surface area contributed by atoms with E-state index in [1.807, 2.05) is 11.3 Å². The highest BCUT2D eigenvalue weighted by Gasteiger charge is 2.20. The maximum absolute atomic E-state index is 3.69. The van der Waals surface area contributed by atoms with Gasteiger partial charge in [-0.25, -0.2) is 0 Å². The SMILES string of the molecule is CCNC(c1cc2c(s1)CCCCC2)c1ccccc1C. The summed E-state index contributed by atoms with van der Waals surface area (Å²) in [7, 11) is 0. The van der Waals surface area contributed by atoms with E-state index in [1.54, 1.807) is 10.4 Å². The van der Waals surface area contributed by atoms with E-state index in [0.717, 1.165) is 6.54 Å². The van der Waals surface area contributed by atoms with Gasteiger partial charge in [-0.2, -0.15) is 0 Å². The van der Waals surface area contributed by atoms with E-state index in [4.69, 9.17) is 0 Å². The van der Waals surface area contributed by atoms with Crippen LogP contribution in [0.4, 0.5) is 0 Å². The van der Waals surface area contributed by atoms with Crippen molar-refractivity contribution in [3.63, 3.8) is 0 Å². The Morgan fingerprint density at radius 3 is 2.76 bits per heavy atom. The molecule has 1 aromatic heterocycles. The van der Waals surface area contributed by atoms with Crippen molar-refractivity contribution in [3.8, 4) is 0 Å². The number of thiophene rings is 1. The van der Waals surface area contributed by atoms with E-state index >= 15 is 0 Å². The van der Waals surface area contributed by atoms with Crippen LogP contribution in [-0.2, 0) is 12.8 Å². The Labute approximate surface area is 132 Å². The minimum Gasteiger partial charge on any atom is -0.306 e. The Kier molecular flexibility index (Phi) is 4.77. The summed E-state index contributed by atoms with van der Waals surface area (Å²) in [4.78, 5) is 3.14. The molecule has 1 unspecified atom stereocenters. The second kappa shape index (κ2) is 6.76. The van der Waals surface area contributed by atoms with Gasteiger partial charge in [-0.3, -0.25) is 0 Å². The average molecular weight is 299 g/mol. The molecule has 1 aliphatic rings. The van der Waals surface area contributed by atoms with E-state index in [-0.39, 0.29) is 0 Å². The second-order valence-corrected chi connectivity index (χ2v) is 7.17. The van der Waals surface area contributed by atoms with Crippen LogP contribution in [0.2, 0.25) is 0 Å². The minimum atomic E-state index is 0.355. The second-order valence-electron chi connectivity index (χ2n) is 6.01. The average Bonchev–Trinajstić information content (AvgIpc) is 2.76. The van der Waals surface area contributed by atoms with E-state index < -0.39 is 0 Å². The first kappa shape index (κ1) is 14.8. The molecule has 0 bridgehead atoms. The molecule has 3 rings (SSSR count). The van der Waals surface area contributed by atoms with Crippen LogP contribution >= 0.6 is 11.3 Å². The first-order chi connectivity index (χ1) is 10.3. The zero-order valence-electron chi connectivity index (χ0n) is 13.1. The lowest BCUT2D eigenvalue weighted by Gasteiger charge is -2.19. The topological polar surface area (TPSA) is 12.0 Å². The first-order valence-corrected chi connectivity index (χ1v) is 9.01. The van der Waals surface area contributed by atoms with Crippen LogP contribution < -0.4 is 5.32 Å². The summed E-state index contributed by atoms with van der Waals surface area (Å²) in [6, 6.07) is 11.6. The van der Waals surface area contributed by atoms with Gasteiger partial charge in [-0.1, -0.05) is 37.6 Å². The summed E-state index contributed by atoms with van der Waals surface area (Å²) in [5.41, 5.74) is 4.42. The molecular weight excluding hydrogens is 274 g/mol.